The summed E-state index contributed by atoms with van der Waals surface area (Å²) >= 11 is 5.15. The number of hydrogen-bond acceptors (Lipinski definition) is 2. The highest BCUT2D eigenvalue weighted by Crippen LogP contribution is 2.29. The molecule has 0 bridgehead atoms. The fourth-order valence-corrected chi connectivity index (χ4v) is 2.23. The van der Waals surface area contributed by atoms with Crippen LogP contribution in [0.2, 0.25) is 0 Å². The summed E-state index contributed by atoms with van der Waals surface area (Å²) in [6, 6.07) is 14.0. The van der Waals surface area contributed by atoms with Gasteiger partial charge in [0, 0.05) is 5.69 Å². The molecule has 7 heteroatoms. The van der Waals surface area contributed by atoms with Gasteiger partial charge in [0.2, 0.25) is 0 Å². The number of thiocarbonyl (C=S) groups is 1. The van der Waals surface area contributed by atoms with Gasteiger partial charge in [-0.05, 0) is 55.5 Å². The van der Waals surface area contributed by atoms with Gasteiger partial charge in [-0.2, -0.15) is 13.2 Å². The molecule has 0 aliphatic carbocycles. The molecule has 0 heterocycles. The summed E-state index contributed by atoms with van der Waals surface area (Å²) < 4.78 is 43.1. The number of nitrogens with one attached hydrogen (secondary N) is 2. The van der Waals surface area contributed by atoms with Crippen molar-refractivity contribution in [3.63, 3.8) is 0 Å². The molecule has 0 unspecified atom stereocenters. The van der Waals surface area contributed by atoms with Crippen molar-refractivity contribution in [2.24, 2.45) is 0 Å². The van der Waals surface area contributed by atoms with E-state index in [1.807, 2.05) is 37.3 Å². The van der Waals surface area contributed by atoms with E-state index in [1.54, 1.807) is 0 Å². The van der Waals surface area contributed by atoms with Crippen molar-refractivity contribution in [1.82, 2.24) is 5.32 Å². The molecule has 24 heavy (non-hydrogen) atoms. The van der Waals surface area contributed by atoms with E-state index in [-0.39, 0.29) is 6.04 Å². The van der Waals surface area contributed by atoms with E-state index in [1.165, 1.54) is 12.1 Å². The third-order valence-electron chi connectivity index (χ3n) is 3.09. The van der Waals surface area contributed by atoms with Gasteiger partial charge in [0.05, 0.1) is 11.6 Å². The van der Waals surface area contributed by atoms with Crippen LogP contribution in [0.4, 0.5) is 18.9 Å². The third kappa shape index (κ3) is 5.73. The fourth-order valence-electron chi connectivity index (χ4n) is 1.91. The first kappa shape index (κ1) is 18.1. The summed E-state index contributed by atoms with van der Waals surface area (Å²) in [6.45, 7) is 2.29. The number of ether oxygens (including phenoxy) is 1. The molecule has 0 radical (unpaired) electrons. The minimum Gasteiger partial charge on any atom is -0.491 e. The SMILES string of the molecule is C[C@H](COc1ccccc1)NC(=S)Nc1ccc(C(F)(F)F)cc1. The number of hydrogen-bond donors (Lipinski definition) is 2. The zero-order valence-corrected chi connectivity index (χ0v) is 13.7. The predicted octanol–water partition coefficient (Wildman–Crippen LogP) is 4.46. The van der Waals surface area contributed by atoms with Gasteiger partial charge in [-0.3, -0.25) is 0 Å². The van der Waals surface area contributed by atoms with Crippen LogP contribution in [0.5, 0.6) is 5.75 Å². The summed E-state index contributed by atoms with van der Waals surface area (Å²) in [5.74, 6) is 0.757. The minimum atomic E-state index is -4.35. The summed E-state index contributed by atoms with van der Waals surface area (Å²) in [4.78, 5) is 0. The Kier molecular flexibility index (Phi) is 6.03. The molecule has 2 aromatic rings. The van der Waals surface area contributed by atoms with Gasteiger partial charge in [0.15, 0.2) is 5.11 Å². The van der Waals surface area contributed by atoms with E-state index in [9.17, 15) is 13.2 Å². The maximum atomic E-state index is 12.5. The minimum absolute atomic E-state index is 0.0698. The van der Waals surface area contributed by atoms with Crippen LogP contribution in [0.3, 0.4) is 0 Å². The van der Waals surface area contributed by atoms with E-state index in [0.717, 1.165) is 17.9 Å². The van der Waals surface area contributed by atoms with Crippen LogP contribution in [-0.4, -0.2) is 17.8 Å². The van der Waals surface area contributed by atoms with Crippen molar-refractivity contribution in [1.29, 1.82) is 0 Å². The summed E-state index contributed by atoms with van der Waals surface area (Å²) in [5, 5.41) is 6.18. The molecule has 0 spiro atoms. The molecule has 128 valence electrons. The number of benzene rings is 2. The van der Waals surface area contributed by atoms with Crippen LogP contribution in [0.15, 0.2) is 54.6 Å². The zero-order chi connectivity index (χ0) is 17.6. The Bertz CT molecular complexity index is 660. The zero-order valence-electron chi connectivity index (χ0n) is 12.9. The van der Waals surface area contributed by atoms with E-state index < -0.39 is 11.7 Å². The Labute approximate surface area is 143 Å². The first-order valence-electron chi connectivity index (χ1n) is 7.27. The Balaban J connectivity index is 1.80. The quantitative estimate of drug-likeness (QED) is 0.777. The van der Waals surface area contributed by atoms with Gasteiger partial charge in [-0.1, -0.05) is 18.2 Å². The number of alkyl halides is 3. The molecule has 2 N–H and O–H groups in total. The maximum absolute atomic E-state index is 12.5. The molecule has 0 aliphatic rings. The average Bonchev–Trinajstić information content (AvgIpc) is 2.53. The van der Waals surface area contributed by atoms with Crippen LogP contribution in [-0.2, 0) is 6.18 Å². The molecule has 0 saturated carbocycles. The molecular formula is C17H17F3N2OS. The van der Waals surface area contributed by atoms with Crippen LogP contribution >= 0.6 is 12.2 Å². The molecular weight excluding hydrogens is 337 g/mol. The van der Waals surface area contributed by atoms with Crippen LogP contribution < -0.4 is 15.4 Å². The monoisotopic (exact) mass is 354 g/mol. The van der Waals surface area contributed by atoms with Gasteiger partial charge in [0.25, 0.3) is 0 Å². The second-order valence-electron chi connectivity index (χ2n) is 5.20. The third-order valence-corrected chi connectivity index (χ3v) is 3.31. The molecule has 0 saturated heterocycles. The topological polar surface area (TPSA) is 33.3 Å². The van der Waals surface area contributed by atoms with Crippen molar-refractivity contribution in [3.8, 4) is 5.75 Å². The fraction of sp³-hybridized carbons (Fsp3) is 0.235. The summed E-state index contributed by atoms with van der Waals surface area (Å²) in [5.41, 5.74) is -0.215. The second kappa shape index (κ2) is 8.01. The maximum Gasteiger partial charge on any atom is 0.416 e. The largest absolute Gasteiger partial charge is 0.491 e. The Hall–Kier alpha value is -2.28. The lowest BCUT2D eigenvalue weighted by molar-refractivity contribution is -0.137. The second-order valence-corrected chi connectivity index (χ2v) is 5.61. The lowest BCUT2D eigenvalue weighted by Crippen LogP contribution is -2.39. The standard InChI is InChI=1S/C17H17F3N2OS/c1-12(11-23-15-5-3-2-4-6-15)21-16(24)22-14-9-7-13(8-10-14)17(18,19)20/h2-10,12H,11H2,1H3,(H2,21,22,24)/t12-/m1/s1. The van der Waals surface area contributed by atoms with E-state index in [0.29, 0.717) is 17.4 Å². The molecule has 0 amide bonds. The van der Waals surface area contributed by atoms with Crippen molar-refractivity contribution in [3.05, 3.63) is 60.2 Å². The average molecular weight is 354 g/mol. The number of para-hydroxylation sites is 1. The van der Waals surface area contributed by atoms with Crippen LogP contribution in [0, 0.1) is 0 Å². The molecule has 0 aromatic heterocycles. The highest BCUT2D eigenvalue weighted by Gasteiger charge is 2.29. The lowest BCUT2D eigenvalue weighted by atomic mass is 10.2. The van der Waals surface area contributed by atoms with Crippen molar-refractivity contribution in [2.45, 2.75) is 19.1 Å². The normalized spacial score (nSPS) is 12.3. The smallest absolute Gasteiger partial charge is 0.416 e. The lowest BCUT2D eigenvalue weighted by Gasteiger charge is -2.18. The molecule has 3 nitrogen and oxygen atoms in total. The first-order chi connectivity index (χ1) is 11.3. The van der Waals surface area contributed by atoms with Crippen molar-refractivity contribution in [2.75, 3.05) is 11.9 Å². The van der Waals surface area contributed by atoms with E-state index in [4.69, 9.17) is 17.0 Å². The number of rotatable bonds is 5. The van der Waals surface area contributed by atoms with Gasteiger partial charge in [-0.25, -0.2) is 0 Å². The van der Waals surface area contributed by atoms with Crippen molar-refractivity contribution < 1.29 is 17.9 Å². The first-order valence-corrected chi connectivity index (χ1v) is 7.68. The molecule has 2 rings (SSSR count). The molecule has 1 atom stereocenters. The Morgan fingerprint density at radius 1 is 1.08 bits per heavy atom. The molecule has 2 aromatic carbocycles. The van der Waals surface area contributed by atoms with Gasteiger partial charge >= 0.3 is 6.18 Å². The van der Waals surface area contributed by atoms with Gasteiger partial charge in [0.1, 0.15) is 12.4 Å². The summed E-state index contributed by atoms with van der Waals surface area (Å²) in [7, 11) is 0. The van der Waals surface area contributed by atoms with Gasteiger partial charge < -0.3 is 15.4 Å². The number of halogens is 3. The highest BCUT2D eigenvalue weighted by molar-refractivity contribution is 7.80. The predicted molar refractivity (Wildman–Crippen MR) is 92.2 cm³/mol. The van der Waals surface area contributed by atoms with Crippen LogP contribution in [0.1, 0.15) is 12.5 Å². The molecule has 0 fully saturated rings. The van der Waals surface area contributed by atoms with E-state index in [2.05, 4.69) is 10.6 Å². The van der Waals surface area contributed by atoms with Crippen molar-refractivity contribution >= 4 is 23.0 Å². The molecule has 0 aliphatic heterocycles. The summed E-state index contributed by atoms with van der Waals surface area (Å²) in [6.07, 6.45) is -4.35. The highest BCUT2D eigenvalue weighted by atomic mass is 32.1. The van der Waals surface area contributed by atoms with Crippen LogP contribution in [0.25, 0.3) is 0 Å². The van der Waals surface area contributed by atoms with E-state index >= 15 is 0 Å². The Morgan fingerprint density at radius 3 is 2.29 bits per heavy atom. The number of anilines is 1. The Morgan fingerprint density at radius 2 is 1.71 bits per heavy atom. The van der Waals surface area contributed by atoms with Gasteiger partial charge in [-0.15, -0.1) is 0 Å².